The number of nitrogens with one attached hydrogen (secondary N) is 1. The van der Waals surface area contributed by atoms with Gasteiger partial charge in [0.05, 0.1) is 11.8 Å². The van der Waals surface area contributed by atoms with E-state index in [4.69, 9.17) is 0 Å². The molecule has 1 N–H and O–H groups in total. The quantitative estimate of drug-likeness (QED) is 0.927. The lowest BCUT2D eigenvalue weighted by Crippen LogP contribution is -2.58. The highest BCUT2D eigenvalue weighted by Gasteiger charge is 2.60. The number of pyridine rings is 1. The molecule has 3 rings (SSSR count). The molecule has 2 heterocycles. The van der Waals surface area contributed by atoms with E-state index in [0.29, 0.717) is 23.9 Å². The summed E-state index contributed by atoms with van der Waals surface area (Å²) < 4.78 is 41.8. The Morgan fingerprint density at radius 1 is 1.33 bits per heavy atom. The number of carbonyl (C=O) groups is 1. The van der Waals surface area contributed by atoms with E-state index >= 15 is 0 Å². The van der Waals surface area contributed by atoms with Crippen LogP contribution < -0.4 is 5.32 Å². The van der Waals surface area contributed by atoms with E-state index in [1.54, 1.807) is 10.9 Å². The van der Waals surface area contributed by atoms with Crippen molar-refractivity contribution in [1.29, 1.82) is 0 Å². The van der Waals surface area contributed by atoms with Crippen molar-refractivity contribution in [3.63, 3.8) is 0 Å². The average molecular weight is 340 g/mol. The number of hydrogen-bond donors (Lipinski definition) is 1. The molecule has 0 aromatic carbocycles. The van der Waals surface area contributed by atoms with Crippen molar-refractivity contribution in [1.82, 2.24) is 20.1 Å². The molecule has 2 aromatic rings. The topological polar surface area (TPSA) is 59.8 Å². The maximum absolute atomic E-state index is 13.4. The molecule has 0 radical (unpaired) electrons. The Hall–Kier alpha value is -2.12. The van der Waals surface area contributed by atoms with Gasteiger partial charge in [0.15, 0.2) is 5.65 Å². The van der Waals surface area contributed by atoms with Crippen molar-refractivity contribution < 1.29 is 18.0 Å². The second kappa shape index (κ2) is 5.46. The lowest BCUT2D eigenvalue weighted by atomic mass is 9.94. The molecule has 1 amide bonds. The Balaban J connectivity index is 1.88. The Labute approximate surface area is 137 Å². The van der Waals surface area contributed by atoms with E-state index in [2.05, 4.69) is 15.4 Å². The summed E-state index contributed by atoms with van der Waals surface area (Å²) in [5, 5.41) is 6.99. The summed E-state index contributed by atoms with van der Waals surface area (Å²) in [4.78, 5) is 16.5. The first-order valence-corrected chi connectivity index (χ1v) is 7.86. The van der Waals surface area contributed by atoms with Gasteiger partial charge in [0.1, 0.15) is 5.54 Å². The third kappa shape index (κ3) is 2.74. The molecule has 1 aliphatic rings. The molecule has 0 aliphatic heterocycles. The van der Waals surface area contributed by atoms with Gasteiger partial charge in [-0.2, -0.15) is 18.3 Å². The molecule has 0 spiro atoms. The van der Waals surface area contributed by atoms with Gasteiger partial charge in [0.25, 0.3) is 5.91 Å². The van der Waals surface area contributed by atoms with E-state index in [1.165, 1.54) is 12.3 Å². The number of fused-ring (bicyclic) bond motifs is 1. The van der Waals surface area contributed by atoms with Crippen molar-refractivity contribution in [2.75, 3.05) is 0 Å². The van der Waals surface area contributed by atoms with Crippen LogP contribution in [0.4, 0.5) is 13.2 Å². The minimum absolute atomic E-state index is 0.0954. The van der Waals surface area contributed by atoms with Gasteiger partial charge < -0.3 is 5.32 Å². The van der Waals surface area contributed by atoms with Crippen molar-refractivity contribution >= 4 is 16.9 Å². The zero-order valence-corrected chi connectivity index (χ0v) is 13.7. The largest absolute Gasteiger partial charge is 0.411 e. The first-order valence-electron chi connectivity index (χ1n) is 7.86. The molecular formula is C16H19F3N4O. The van der Waals surface area contributed by atoms with E-state index < -0.39 is 23.5 Å². The number of rotatable bonds is 4. The van der Waals surface area contributed by atoms with Gasteiger partial charge in [-0.1, -0.05) is 0 Å². The number of nitrogens with zero attached hydrogens (tertiary/aromatic N) is 3. The SMILES string of the molecule is CC(C)n1ncc2cc(C(=O)NC(C)(C3CC3)C(F)(F)F)cnc21. The fourth-order valence-corrected chi connectivity index (χ4v) is 2.82. The summed E-state index contributed by atoms with van der Waals surface area (Å²) >= 11 is 0. The smallest absolute Gasteiger partial charge is 0.338 e. The maximum atomic E-state index is 13.4. The second-order valence-electron chi connectivity index (χ2n) is 6.75. The summed E-state index contributed by atoms with van der Waals surface area (Å²) in [5.41, 5.74) is -1.51. The first-order chi connectivity index (χ1) is 11.1. The van der Waals surface area contributed by atoms with Crippen LogP contribution in [-0.2, 0) is 0 Å². The second-order valence-corrected chi connectivity index (χ2v) is 6.75. The summed E-state index contributed by atoms with van der Waals surface area (Å²) in [7, 11) is 0. The fourth-order valence-electron chi connectivity index (χ4n) is 2.82. The molecule has 1 unspecified atom stereocenters. The molecule has 0 saturated heterocycles. The van der Waals surface area contributed by atoms with Gasteiger partial charge in [0, 0.05) is 17.6 Å². The molecule has 1 fully saturated rings. The predicted molar refractivity (Wildman–Crippen MR) is 82.6 cm³/mol. The summed E-state index contributed by atoms with van der Waals surface area (Å²) in [6, 6.07) is 1.62. The van der Waals surface area contributed by atoms with Crippen LogP contribution in [0.5, 0.6) is 0 Å². The van der Waals surface area contributed by atoms with Crippen LogP contribution in [-0.4, -0.2) is 32.4 Å². The Morgan fingerprint density at radius 3 is 2.54 bits per heavy atom. The van der Waals surface area contributed by atoms with Gasteiger partial charge in [-0.3, -0.25) is 4.79 Å². The van der Waals surface area contributed by atoms with Crippen LogP contribution in [0.3, 0.4) is 0 Å². The van der Waals surface area contributed by atoms with Crippen molar-refractivity contribution in [3.05, 3.63) is 24.0 Å². The standard InChI is InChI=1S/C16H19F3N4O/c1-9(2)23-13-10(8-21-23)6-11(7-20-13)14(24)22-15(3,12-4-5-12)16(17,18)19/h6-9,12H,4-5H2,1-3H3,(H,22,24). The van der Waals surface area contributed by atoms with Gasteiger partial charge >= 0.3 is 6.18 Å². The molecule has 130 valence electrons. The van der Waals surface area contributed by atoms with E-state index in [0.717, 1.165) is 6.92 Å². The molecular weight excluding hydrogens is 321 g/mol. The highest BCUT2D eigenvalue weighted by Crippen LogP contribution is 2.48. The molecule has 1 atom stereocenters. The Bertz CT molecular complexity index is 779. The maximum Gasteiger partial charge on any atom is 0.411 e. The Kier molecular flexibility index (Phi) is 3.80. The summed E-state index contributed by atoms with van der Waals surface area (Å²) in [5.74, 6) is -1.34. The summed E-state index contributed by atoms with van der Waals surface area (Å²) in [6.07, 6.45) is -0.710. The molecule has 24 heavy (non-hydrogen) atoms. The molecule has 5 nitrogen and oxygen atoms in total. The van der Waals surface area contributed by atoms with Gasteiger partial charge in [-0.05, 0) is 45.6 Å². The summed E-state index contributed by atoms with van der Waals surface area (Å²) in [6.45, 7) is 4.93. The Morgan fingerprint density at radius 2 is 2.00 bits per heavy atom. The number of halogens is 3. The number of amides is 1. The van der Waals surface area contributed by atoms with Crippen LogP contribution in [0.1, 0.15) is 50.0 Å². The number of aromatic nitrogens is 3. The van der Waals surface area contributed by atoms with Crippen LogP contribution >= 0.6 is 0 Å². The highest BCUT2D eigenvalue weighted by atomic mass is 19.4. The van der Waals surface area contributed by atoms with Gasteiger partial charge in [-0.25, -0.2) is 9.67 Å². The zero-order chi connectivity index (χ0) is 17.7. The number of carbonyl (C=O) groups excluding carboxylic acids is 1. The van der Waals surface area contributed by atoms with E-state index in [9.17, 15) is 18.0 Å². The van der Waals surface area contributed by atoms with E-state index in [1.807, 2.05) is 13.8 Å². The van der Waals surface area contributed by atoms with Crippen molar-refractivity contribution in [3.8, 4) is 0 Å². The van der Waals surface area contributed by atoms with Gasteiger partial charge in [-0.15, -0.1) is 0 Å². The first kappa shape index (κ1) is 16.7. The fraction of sp³-hybridized carbons (Fsp3) is 0.562. The van der Waals surface area contributed by atoms with Crippen LogP contribution in [0.2, 0.25) is 0 Å². The normalized spacial score (nSPS) is 18.0. The lowest BCUT2D eigenvalue weighted by Gasteiger charge is -2.33. The number of hydrogen-bond acceptors (Lipinski definition) is 3. The van der Waals surface area contributed by atoms with Crippen LogP contribution in [0.25, 0.3) is 11.0 Å². The highest BCUT2D eigenvalue weighted by molar-refractivity contribution is 5.97. The van der Waals surface area contributed by atoms with Crippen molar-refractivity contribution in [2.24, 2.45) is 5.92 Å². The third-order valence-corrected chi connectivity index (χ3v) is 4.54. The van der Waals surface area contributed by atoms with Crippen molar-refractivity contribution in [2.45, 2.75) is 51.4 Å². The minimum atomic E-state index is -4.50. The minimum Gasteiger partial charge on any atom is -0.338 e. The predicted octanol–water partition coefficient (Wildman–Crippen LogP) is 3.47. The molecule has 8 heteroatoms. The monoisotopic (exact) mass is 340 g/mol. The third-order valence-electron chi connectivity index (χ3n) is 4.54. The van der Waals surface area contributed by atoms with E-state index in [-0.39, 0.29) is 11.6 Å². The van der Waals surface area contributed by atoms with Gasteiger partial charge in [0.2, 0.25) is 0 Å². The molecule has 1 saturated carbocycles. The molecule has 2 aromatic heterocycles. The van der Waals surface area contributed by atoms with Crippen LogP contribution in [0.15, 0.2) is 18.5 Å². The average Bonchev–Trinajstić information content (AvgIpc) is 3.25. The van der Waals surface area contributed by atoms with Crippen LogP contribution in [0, 0.1) is 5.92 Å². The molecule has 1 aliphatic carbocycles. The lowest BCUT2D eigenvalue weighted by molar-refractivity contribution is -0.194. The molecule has 0 bridgehead atoms. The number of alkyl halides is 3. The zero-order valence-electron chi connectivity index (χ0n) is 13.7.